The third-order valence-corrected chi connectivity index (χ3v) is 4.59. The highest BCUT2D eigenvalue weighted by Gasteiger charge is 2.40. The molecule has 0 radical (unpaired) electrons. The van der Waals surface area contributed by atoms with Gasteiger partial charge in [0, 0.05) is 5.41 Å². The van der Waals surface area contributed by atoms with E-state index in [1.165, 1.54) is 36.8 Å². The highest BCUT2D eigenvalue weighted by molar-refractivity contribution is 5.78. The summed E-state index contributed by atoms with van der Waals surface area (Å²) in [5, 5.41) is 0. The van der Waals surface area contributed by atoms with Crippen molar-refractivity contribution in [3.8, 4) is 0 Å². The van der Waals surface area contributed by atoms with Crippen LogP contribution in [0.3, 0.4) is 0 Å². The van der Waals surface area contributed by atoms with Crippen LogP contribution in [0.4, 0.5) is 0 Å². The maximum absolute atomic E-state index is 5.86. The Hall–Kier alpha value is -1.08. The van der Waals surface area contributed by atoms with Crippen LogP contribution in [0.15, 0.2) is 30.3 Å². The smallest absolute Gasteiger partial charge is 0.0144 e. The summed E-state index contributed by atoms with van der Waals surface area (Å²) >= 11 is 0. The Morgan fingerprint density at radius 3 is 2.65 bits per heavy atom. The van der Waals surface area contributed by atoms with Gasteiger partial charge in [0.15, 0.2) is 0 Å². The summed E-state index contributed by atoms with van der Waals surface area (Å²) in [7, 11) is 0. The highest BCUT2D eigenvalue weighted by atomic mass is 14.6. The van der Waals surface area contributed by atoms with E-state index in [-0.39, 0.29) is 0 Å². The Morgan fingerprint density at radius 1 is 1.24 bits per heavy atom. The van der Waals surface area contributed by atoms with Gasteiger partial charge in [-0.1, -0.05) is 50.1 Å². The van der Waals surface area contributed by atoms with Crippen molar-refractivity contribution in [1.82, 2.24) is 0 Å². The normalized spacial score (nSPS) is 22.6. The second-order valence-corrected chi connectivity index (χ2v) is 5.65. The van der Waals surface area contributed by atoms with Gasteiger partial charge in [-0.3, -0.25) is 0 Å². The van der Waals surface area contributed by atoms with Crippen LogP contribution in [0.25, 0.3) is 5.57 Å². The molecule has 0 bridgehead atoms. The maximum Gasteiger partial charge on any atom is 0.0144 e. The molecule has 3 rings (SSSR count). The van der Waals surface area contributed by atoms with Crippen molar-refractivity contribution < 1.29 is 0 Å². The van der Waals surface area contributed by atoms with Crippen molar-refractivity contribution in [1.29, 1.82) is 0 Å². The third-order valence-electron chi connectivity index (χ3n) is 4.59. The summed E-state index contributed by atoms with van der Waals surface area (Å²) in [4.78, 5) is 0. The van der Waals surface area contributed by atoms with Crippen LogP contribution in [0, 0.1) is 5.92 Å². The Balaban J connectivity index is 2.12. The molecule has 1 heteroatoms. The summed E-state index contributed by atoms with van der Waals surface area (Å²) in [6, 6.07) is 8.94. The van der Waals surface area contributed by atoms with Crippen molar-refractivity contribution in [3.63, 3.8) is 0 Å². The number of allylic oxidation sites excluding steroid dienone is 1. The minimum absolute atomic E-state index is 0.357. The number of hydrogen-bond acceptors (Lipinski definition) is 1. The number of nitrogens with two attached hydrogens (primary N) is 1. The fourth-order valence-electron chi connectivity index (χ4n) is 3.58. The molecule has 1 aromatic carbocycles. The SMILES string of the molecule is CC(CN)C1=CC2(CCCC2)c2ccccc21. The quantitative estimate of drug-likeness (QED) is 0.822. The first-order chi connectivity index (χ1) is 8.27. The van der Waals surface area contributed by atoms with Crippen molar-refractivity contribution in [3.05, 3.63) is 41.5 Å². The van der Waals surface area contributed by atoms with Gasteiger partial charge in [-0.2, -0.15) is 0 Å². The number of fused-ring (bicyclic) bond motifs is 2. The van der Waals surface area contributed by atoms with Gasteiger partial charge in [0.05, 0.1) is 0 Å². The highest BCUT2D eigenvalue weighted by Crippen LogP contribution is 2.51. The molecule has 1 unspecified atom stereocenters. The largest absolute Gasteiger partial charge is 0.330 e. The van der Waals surface area contributed by atoms with Crippen LogP contribution >= 0.6 is 0 Å². The maximum atomic E-state index is 5.86. The van der Waals surface area contributed by atoms with E-state index in [2.05, 4.69) is 37.3 Å². The molecular weight excluding hydrogens is 206 g/mol. The molecule has 90 valence electrons. The summed E-state index contributed by atoms with van der Waals surface area (Å²) in [6.07, 6.45) is 7.93. The molecule has 1 aromatic rings. The minimum Gasteiger partial charge on any atom is -0.330 e. The van der Waals surface area contributed by atoms with Crippen LogP contribution < -0.4 is 5.73 Å². The Morgan fingerprint density at radius 2 is 1.94 bits per heavy atom. The molecule has 1 saturated carbocycles. The molecular formula is C16H21N. The van der Waals surface area contributed by atoms with Gasteiger partial charge in [-0.05, 0) is 42.0 Å². The Bertz CT molecular complexity index is 452. The number of benzene rings is 1. The zero-order valence-electron chi connectivity index (χ0n) is 10.6. The van der Waals surface area contributed by atoms with E-state index in [9.17, 15) is 0 Å². The van der Waals surface area contributed by atoms with Gasteiger partial charge < -0.3 is 5.73 Å². The van der Waals surface area contributed by atoms with Gasteiger partial charge in [0.25, 0.3) is 0 Å². The molecule has 0 heterocycles. The molecule has 0 amide bonds. The molecule has 2 aliphatic rings. The van der Waals surface area contributed by atoms with Crippen molar-refractivity contribution in [2.24, 2.45) is 11.7 Å². The zero-order chi connectivity index (χ0) is 11.9. The van der Waals surface area contributed by atoms with Crippen LogP contribution in [0.1, 0.15) is 43.7 Å². The molecule has 0 aromatic heterocycles. The van der Waals surface area contributed by atoms with Crippen LogP contribution in [-0.2, 0) is 5.41 Å². The standard InChI is InChI=1S/C16H21N/c1-12(11-17)14-10-16(8-4-5-9-16)15-7-3-2-6-13(14)15/h2-3,6-7,10,12H,4-5,8-9,11,17H2,1H3. The van der Waals surface area contributed by atoms with Crippen molar-refractivity contribution in [2.75, 3.05) is 6.54 Å². The van der Waals surface area contributed by atoms with E-state index < -0.39 is 0 Å². The van der Waals surface area contributed by atoms with Crippen LogP contribution in [0.5, 0.6) is 0 Å². The average Bonchev–Trinajstić information content (AvgIpc) is 2.97. The van der Waals surface area contributed by atoms with Crippen LogP contribution in [0.2, 0.25) is 0 Å². The first-order valence-electron chi connectivity index (χ1n) is 6.79. The molecule has 2 N–H and O–H groups in total. The average molecular weight is 227 g/mol. The minimum atomic E-state index is 0.357. The predicted octanol–water partition coefficient (Wildman–Crippen LogP) is 3.49. The molecule has 1 nitrogen and oxygen atoms in total. The lowest BCUT2D eigenvalue weighted by molar-refractivity contribution is 0.566. The van der Waals surface area contributed by atoms with E-state index >= 15 is 0 Å². The number of rotatable bonds is 2. The molecule has 17 heavy (non-hydrogen) atoms. The molecule has 2 aliphatic carbocycles. The second kappa shape index (κ2) is 3.99. The van der Waals surface area contributed by atoms with E-state index in [4.69, 9.17) is 5.73 Å². The van der Waals surface area contributed by atoms with Crippen LogP contribution in [-0.4, -0.2) is 6.54 Å². The second-order valence-electron chi connectivity index (χ2n) is 5.65. The summed E-state index contributed by atoms with van der Waals surface area (Å²) < 4.78 is 0. The predicted molar refractivity (Wildman–Crippen MR) is 72.8 cm³/mol. The van der Waals surface area contributed by atoms with Gasteiger partial charge in [0.2, 0.25) is 0 Å². The lowest BCUT2D eigenvalue weighted by atomic mass is 9.81. The number of hydrogen-bond donors (Lipinski definition) is 1. The third kappa shape index (κ3) is 1.56. The topological polar surface area (TPSA) is 26.0 Å². The van der Waals surface area contributed by atoms with Crippen molar-refractivity contribution in [2.45, 2.75) is 38.0 Å². The Kier molecular flexibility index (Phi) is 2.59. The summed E-state index contributed by atoms with van der Waals surface area (Å²) in [5.41, 5.74) is 10.7. The monoisotopic (exact) mass is 227 g/mol. The van der Waals surface area contributed by atoms with Gasteiger partial charge in [0.1, 0.15) is 0 Å². The van der Waals surface area contributed by atoms with Gasteiger partial charge in [-0.25, -0.2) is 0 Å². The van der Waals surface area contributed by atoms with E-state index in [1.54, 1.807) is 5.56 Å². The van der Waals surface area contributed by atoms with Gasteiger partial charge in [-0.15, -0.1) is 0 Å². The molecule has 1 atom stereocenters. The first-order valence-corrected chi connectivity index (χ1v) is 6.79. The molecule has 1 fully saturated rings. The van der Waals surface area contributed by atoms with Crippen molar-refractivity contribution >= 4 is 5.57 Å². The van der Waals surface area contributed by atoms with Gasteiger partial charge >= 0.3 is 0 Å². The fraction of sp³-hybridized carbons (Fsp3) is 0.500. The fourth-order valence-corrected chi connectivity index (χ4v) is 3.58. The lowest BCUT2D eigenvalue weighted by Gasteiger charge is -2.22. The molecule has 0 aliphatic heterocycles. The molecule has 0 saturated heterocycles. The Labute approximate surface area is 104 Å². The first kappa shape index (κ1) is 11.0. The molecule has 1 spiro atoms. The van der Waals surface area contributed by atoms with E-state index in [0.717, 1.165) is 6.54 Å². The summed E-state index contributed by atoms with van der Waals surface area (Å²) in [6.45, 7) is 2.99. The van der Waals surface area contributed by atoms with E-state index in [0.29, 0.717) is 11.3 Å². The van der Waals surface area contributed by atoms with E-state index in [1.807, 2.05) is 0 Å². The summed E-state index contributed by atoms with van der Waals surface area (Å²) in [5.74, 6) is 0.483. The lowest BCUT2D eigenvalue weighted by Crippen LogP contribution is -2.16. The zero-order valence-corrected chi connectivity index (χ0v) is 10.6.